The molecule has 0 heterocycles. The molecule has 1 unspecified atom stereocenters. The fourth-order valence-electron chi connectivity index (χ4n) is 2.35. The minimum absolute atomic E-state index is 0.0372. The van der Waals surface area contributed by atoms with Crippen LogP contribution in [0.25, 0.3) is 0 Å². The second kappa shape index (κ2) is 7.57. The van der Waals surface area contributed by atoms with Gasteiger partial charge in [-0.3, -0.25) is 0 Å². The van der Waals surface area contributed by atoms with Gasteiger partial charge in [-0.15, -0.1) is 0 Å². The van der Waals surface area contributed by atoms with Crippen LogP contribution >= 0.6 is 15.9 Å². The van der Waals surface area contributed by atoms with E-state index in [2.05, 4.69) is 15.9 Å². The standard InChI is InChI=1S/C17H18BrFO2/c1-21-15-6-2-4-12(10-15)8-13(11-20)9-14-5-3-7-16(19)17(14)18/h2-7,10,13,20H,8-9,11H2,1H3. The van der Waals surface area contributed by atoms with Gasteiger partial charge in [0.05, 0.1) is 11.6 Å². The van der Waals surface area contributed by atoms with E-state index in [1.54, 1.807) is 13.2 Å². The summed E-state index contributed by atoms with van der Waals surface area (Å²) < 4.78 is 19.2. The third-order valence-electron chi connectivity index (χ3n) is 3.46. The van der Waals surface area contributed by atoms with E-state index in [1.165, 1.54) is 6.07 Å². The average Bonchev–Trinajstić information content (AvgIpc) is 2.51. The number of halogens is 2. The van der Waals surface area contributed by atoms with Crippen LogP contribution in [0.3, 0.4) is 0 Å². The number of hydrogen-bond acceptors (Lipinski definition) is 2. The highest BCUT2D eigenvalue weighted by Gasteiger charge is 2.14. The van der Waals surface area contributed by atoms with E-state index in [1.807, 2.05) is 30.3 Å². The van der Waals surface area contributed by atoms with Crippen molar-refractivity contribution in [1.29, 1.82) is 0 Å². The molecular weight excluding hydrogens is 335 g/mol. The molecule has 0 saturated heterocycles. The minimum atomic E-state index is -0.273. The Balaban J connectivity index is 2.11. The zero-order chi connectivity index (χ0) is 15.2. The Morgan fingerprint density at radius 3 is 2.67 bits per heavy atom. The topological polar surface area (TPSA) is 29.5 Å². The summed E-state index contributed by atoms with van der Waals surface area (Å²) in [7, 11) is 1.63. The van der Waals surface area contributed by atoms with Crippen LogP contribution in [0.15, 0.2) is 46.9 Å². The lowest BCUT2D eigenvalue weighted by Crippen LogP contribution is -2.13. The van der Waals surface area contributed by atoms with Crippen molar-refractivity contribution in [3.8, 4) is 5.75 Å². The quantitative estimate of drug-likeness (QED) is 0.851. The Morgan fingerprint density at radius 1 is 1.19 bits per heavy atom. The van der Waals surface area contributed by atoms with E-state index in [9.17, 15) is 9.50 Å². The third-order valence-corrected chi connectivity index (χ3v) is 4.34. The molecule has 4 heteroatoms. The smallest absolute Gasteiger partial charge is 0.137 e. The van der Waals surface area contributed by atoms with E-state index >= 15 is 0 Å². The minimum Gasteiger partial charge on any atom is -0.497 e. The lowest BCUT2D eigenvalue weighted by molar-refractivity contribution is 0.224. The number of benzene rings is 2. The molecule has 0 aliphatic carbocycles. The number of ether oxygens (including phenoxy) is 1. The predicted molar refractivity (Wildman–Crippen MR) is 85.1 cm³/mol. The average molecular weight is 353 g/mol. The first-order valence-corrected chi connectivity index (χ1v) is 7.60. The van der Waals surface area contributed by atoms with Crippen molar-refractivity contribution in [2.75, 3.05) is 13.7 Å². The fraction of sp³-hybridized carbons (Fsp3) is 0.294. The molecule has 0 aliphatic rings. The Morgan fingerprint density at radius 2 is 1.95 bits per heavy atom. The molecule has 0 saturated carbocycles. The van der Waals surface area contributed by atoms with Gasteiger partial charge in [0.2, 0.25) is 0 Å². The van der Waals surface area contributed by atoms with Crippen molar-refractivity contribution in [3.05, 3.63) is 63.9 Å². The number of hydrogen-bond donors (Lipinski definition) is 1. The maximum Gasteiger partial charge on any atom is 0.137 e. The second-order valence-corrected chi connectivity index (χ2v) is 5.81. The van der Waals surface area contributed by atoms with Crippen molar-refractivity contribution in [3.63, 3.8) is 0 Å². The monoisotopic (exact) mass is 352 g/mol. The highest BCUT2D eigenvalue weighted by Crippen LogP contribution is 2.25. The van der Waals surface area contributed by atoms with Gasteiger partial charge in [0, 0.05) is 6.61 Å². The third kappa shape index (κ3) is 4.29. The number of rotatable bonds is 6. The molecule has 0 spiro atoms. The molecule has 0 fully saturated rings. The SMILES string of the molecule is COc1cccc(CC(CO)Cc2cccc(F)c2Br)c1. The first kappa shape index (κ1) is 16.0. The molecule has 2 aromatic rings. The van der Waals surface area contributed by atoms with Gasteiger partial charge in [0.1, 0.15) is 11.6 Å². The van der Waals surface area contributed by atoms with Gasteiger partial charge in [-0.05, 0) is 64.0 Å². The molecule has 2 nitrogen and oxygen atoms in total. The normalized spacial score (nSPS) is 12.2. The van der Waals surface area contributed by atoms with Crippen LogP contribution in [-0.4, -0.2) is 18.8 Å². The molecule has 0 amide bonds. The summed E-state index contributed by atoms with van der Waals surface area (Å²) in [6.07, 6.45) is 1.34. The summed E-state index contributed by atoms with van der Waals surface area (Å²) in [5.74, 6) is 0.567. The second-order valence-electron chi connectivity index (χ2n) is 5.02. The van der Waals surface area contributed by atoms with Crippen molar-refractivity contribution in [1.82, 2.24) is 0 Å². The fourth-order valence-corrected chi connectivity index (χ4v) is 2.78. The summed E-state index contributed by atoms with van der Waals surface area (Å²) in [5, 5.41) is 9.60. The Kier molecular flexibility index (Phi) is 5.76. The first-order valence-electron chi connectivity index (χ1n) is 6.80. The van der Waals surface area contributed by atoms with Crippen molar-refractivity contribution in [2.45, 2.75) is 12.8 Å². The van der Waals surface area contributed by atoms with Crippen molar-refractivity contribution < 1.29 is 14.2 Å². The lowest BCUT2D eigenvalue weighted by atomic mass is 9.93. The molecule has 0 bridgehead atoms. The molecule has 0 aromatic heterocycles. The molecular formula is C17H18BrFO2. The highest BCUT2D eigenvalue weighted by molar-refractivity contribution is 9.10. The summed E-state index contributed by atoms with van der Waals surface area (Å²) in [6, 6.07) is 12.8. The highest BCUT2D eigenvalue weighted by atomic mass is 79.9. The van der Waals surface area contributed by atoms with Crippen LogP contribution in [0.5, 0.6) is 5.75 Å². The van der Waals surface area contributed by atoms with Crippen LogP contribution in [0.1, 0.15) is 11.1 Å². The van der Waals surface area contributed by atoms with Crippen LogP contribution in [-0.2, 0) is 12.8 Å². The number of aliphatic hydroxyl groups is 1. The first-order chi connectivity index (χ1) is 10.1. The molecule has 21 heavy (non-hydrogen) atoms. The van der Waals surface area contributed by atoms with Crippen LogP contribution < -0.4 is 4.74 Å². The Bertz CT molecular complexity index is 601. The summed E-state index contributed by atoms with van der Waals surface area (Å²) in [4.78, 5) is 0. The summed E-state index contributed by atoms with van der Waals surface area (Å²) in [6.45, 7) is 0.0557. The number of methoxy groups -OCH3 is 1. The van der Waals surface area contributed by atoms with Crippen molar-refractivity contribution in [2.24, 2.45) is 5.92 Å². The Labute approximate surface area is 132 Å². The molecule has 0 aliphatic heterocycles. The summed E-state index contributed by atoms with van der Waals surface area (Å²) in [5.41, 5.74) is 1.97. The van der Waals surface area contributed by atoms with Crippen LogP contribution in [0.4, 0.5) is 4.39 Å². The van der Waals surface area contributed by atoms with Gasteiger partial charge in [0.25, 0.3) is 0 Å². The van der Waals surface area contributed by atoms with Gasteiger partial charge in [0.15, 0.2) is 0 Å². The maximum absolute atomic E-state index is 13.5. The molecule has 2 rings (SSSR count). The van der Waals surface area contributed by atoms with Gasteiger partial charge in [-0.25, -0.2) is 4.39 Å². The van der Waals surface area contributed by atoms with Gasteiger partial charge in [-0.2, -0.15) is 0 Å². The van der Waals surface area contributed by atoms with Crippen LogP contribution in [0, 0.1) is 11.7 Å². The largest absolute Gasteiger partial charge is 0.497 e. The number of aliphatic hydroxyl groups excluding tert-OH is 1. The van der Waals surface area contributed by atoms with Gasteiger partial charge >= 0.3 is 0 Å². The maximum atomic E-state index is 13.5. The van der Waals surface area contributed by atoms with E-state index in [4.69, 9.17) is 4.74 Å². The predicted octanol–water partition coefficient (Wildman–Crippen LogP) is 3.99. The molecule has 112 valence electrons. The van der Waals surface area contributed by atoms with E-state index in [-0.39, 0.29) is 18.3 Å². The molecule has 1 atom stereocenters. The van der Waals surface area contributed by atoms with Crippen molar-refractivity contribution >= 4 is 15.9 Å². The zero-order valence-electron chi connectivity index (χ0n) is 11.9. The van der Waals surface area contributed by atoms with Crippen LogP contribution in [0.2, 0.25) is 0 Å². The summed E-state index contributed by atoms with van der Waals surface area (Å²) >= 11 is 3.27. The molecule has 0 radical (unpaired) electrons. The lowest BCUT2D eigenvalue weighted by Gasteiger charge is -2.16. The van der Waals surface area contributed by atoms with E-state index < -0.39 is 0 Å². The van der Waals surface area contributed by atoms with Gasteiger partial charge < -0.3 is 9.84 Å². The Hall–Kier alpha value is -1.39. The zero-order valence-corrected chi connectivity index (χ0v) is 13.4. The molecule has 2 aromatic carbocycles. The van der Waals surface area contributed by atoms with E-state index in [0.717, 1.165) is 23.3 Å². The van der Waals surface area contributed by atoms with E-state index in [0.29, 0.717) is 10.9 Å². The molecule has 1 N–H and O–H groups in total. The van der Waals surface area contributed by atoms with Gasteiger partial charge in [-0.1, -0.05) is 24.3 Å².